The van der Waals surface area contributed by atoms with E-state index >= 15 is 0 Å². The molecule has 1 nitrogen and oxygen atoms in total. The van der Waals surface area contributed by atoms with Gasteiger partial charge in [0.2, 0.25) is 0 Å². The SMILES string of the molecule is O=[C-]c1ccccc1P(c1ccccc1)c1ccccc1.[Os+]. The number of carbonyl (C=O) groups excluding carboxylic acids is 1. The van der Waals surface area contributed by atoms with Crippen LogP contribution in [-0.4, -0.2) is 6.29 Å². The van der Waals surface area contributed by atoms with Gasteiger partial charge >= 0.3 is 19.8 Å². The zero-order valence-electron chi connectivity index (χ0n) is 11.8. The van der Waals surface area contributed by atoms with Crippen LogP contribution in [0.15, 0.2) is 84.9 Å². The first kappa shape index (κ1) is 16.8. The van der Waals surface area contributed by atoms with Crippen LogP contribution in [0, 0.1) is 0 Å². The molecular weight excluding hydrogens is 465 g/mol. The minimum Gasteiger partial charge on any atom is -0.376 e. The molecule has 109 valence electrons. The third-order valence-corrected chi connectivity index (χ3v) is 5.78. The summed E-state index contributed by atoms with van der Waals surface area (Å²) in [5.41, 5.74) is 0.649. The normalized spacial score (nSPS) is 10.0. The second kappa shape index (κ2) is 8.14. The van der Waals surface area contributed by atoms with Gasteiger partial charge in [0.15, 0.2) is 0 Å². The molecule has 0 saturated heterocycles. The van der Waals surface area contributed by atoms with Crippen LogP contribution in [0.1, 0.15) is 5.56 Å². The predicted octanol–water partition coefficient (Wildman–Crippen LogP) is 2.90. The first-order valence-electron chi connectivity index (χ1n) is 6.77. The topological polar surface area (TPSA) is 17.1 Å². The van der Waals surface area contributed by atoms with Crippen LogP contribution >= 0.6 is 7.92 Å². The fraction of sp³-hybridized carbons (Fsp3) is 0. The molecule has 1 radical (unpaired) electrons. The minimum atomic E-state index is -0.735. The number of benzene rings is 3. The van der Waals surface area contributed by atoms with E-state index in [2.05, 4.69) is 30.6 Å². The maximum absolute atomic E-state index is 11.3. The summed E-state index contributed by atoms with van der Waals surface area (Å²) >= 11 is 0. The summed E-state index contributed by atoms with van der Waals surface area (Å²) in [6.07, 6.45) is 2.08. The van der Waals surface area contributed by atoms with Crippen LogP contribution in [-0.2, 0) is 24.6 Å². The first-order valence-corrected chi connectivity index (χ1v) is 8.12. The molecule has 0 atom stereocenters. The van der Waals surface area contributed by atoms with E-state index < -0.39 is 7.92 Å². The molecule has 3 aromatic carbocycles. The molecule has 0 fully saturated rings. The summed E-state index contributed by atoms with van der Waals surface area (Å²) in [7, 11) is -0.735. The third kappa shape index (κ3) is 3.59. The van der Waals surface area contributed by atoms with E-state index in [1.165, 1.54) is 10.6 Å². The van der Waals surface area contributed by atoms with E-state index in [1.807, 2.05) is 60.7 Å². The molecule has 0 N–H and O–H groups in total. The number of rotatable bonds is 4. The van der Waals surface area contributed by atoms with Crippen LogP contribution in [0.3, 0.4) is 0 Å². The van der Waals surface area contributed by atoms with Gasteiger partial charge in [-0.1, -0.05) is 74.7 Å². The Kier molecular flexibility index (Phi) is 6.20. The summed E-state index contributed by atoms with van der Waals surface area (Å²) < 4.78 is 0. The Morgan fingerprint density at radius 1 is 0.636 bits per heavy atom. The fourth-order valence-electron chi connectivity index (χ4n) is 2.34. The van der Waals surface area contributed by atoms with Crippen molar-refractivity contribution >= 4 is 30.1 Å². The molecule has 0 spiro atoms. The van der Waals surface area contributed by atoms with Crippen molar-refractivity contribution in [2.75, 3.05) is 0 Å². The van der Waals surface area contributed by atoms with Crippen LogP contribution in [0.2, 0.25) is 0 Å². The smallest absolute Gasteiger partial charge is 0.376 e. The molecule has 0 amide bonds. The van der Waals surface area contributed by atoms with Gasteiger partial charge in [-0.15, -0.1) is 23.0 Å². The van der Waals surface area contributed by atoms with Gasteiger partial charge in [0.1, 0.15) is 0 Å². The van der Waals surface area contributed by atoms with Gasteiger partial charge in [0.25, 0.3) is 0 Å². The second-order valence-electron chi connectivity index (χ2n) is 4.63. The van der Waals surface area contributed by atoms with Gasteiger partial charge in [-0.05, 0) is 10.6 Å². The van der Waals surface area contributed by atoms with Crippen LogP contribution in [0.5, 0.6) is 0 Å². The quantitative estimate of drug-likeness (QED) is 0.416. The summed E-state index contributed by atoms with van der Waals surface area (Å²) in [4.78, 5) is 11.3. The van der Waals surface area contributed by atoms with Crippen molar-refractivity contribution in [2.45, 2.75) is 0 Å². The van der Waals surface area contributed by atoms with Crippen molar-refractivity contribution in [3.05, 3.63) is 90.5 Å². The Morgan fingerprint density at radius 3 is 1.59 bits per heavy atom. The molecule has 0 aliphatic rings. The maximum Gasteiger partial charge on any atom is 1.00 e. The molecule has 0 bridgehead atoms. The Morgan fingerprint density at radius 2 is 1.09 bits per heavy atom. The van der Waals surface area contributed by atoms with Crippen LogP contribution in [0.25, 0.3) is 0 Å². The van der Waals surface area contributed by atoms with Gasteiger partial charge in [0.05, 0.1) is 6.29 Å². The van der Waals surface area contributed by atoms with Crippen molar-refractivity contribution in [3.63, 3.8) is 0 Å². The molecule has 0 aromatic heterocycles. The van der Waals surface area contributed by atoms with E-state index in [9.17, 15) is 4.79 Å². The molecule has 3 aromatic rings. The van der Waals surface area contributed by atoms with Crippen molar-refractivity contribution in [1.29, 1.82) is 0 Å². The van der Waals surface area contributed by atoms with Crippen LogP contribution in [0.4, 0.5) is 0 Å². The standard InChI is InChI=1S/C19H14OP.Os/c20-15-16-9-7-8-14-19(16)21(17-10-3-1-4-11-17)18-12-5-2-6-13-18;/h1-14H;/q-1;+1. The van der Waals surface area contributed by atoms with Crippen LogP contribution < -0.4 is 15.9 Å². The molecular formula is C19H14OOsP. The van der Waals surface area contributed by atoms with Crippen molar-refractivity contribution in [1.82, 2.24) is 0 Å². The summed E-state index contributed by atoms with van der Waals surface area (Å²) in [6, 6.07) is 28.4. The average molecular weight is 480 g/mol. The molecule has 0 unspecified atom stereocenters. The Labute approximate surface area is 145 Å². The molecule has 3 rings (SSSR count). The van der Waals surface area contributed by atoms with Gasteiger partial charge in [-0.3, -0.25) is 0 Å². The number of hydrogen-bond acceptors (Lipinski definition) is 1. The summed E-state index contributed by atoms with van der Waals surface area (Å²) in [6.45, 7) is 0. The summed E-state index contributed by atoms with van der Waals surface area (Å²) in [5.74, 6) is 0. The van der Waals surface area contributed by atoms with E-state index in [-0.39, 0.29) is 19.8 Å². The van der Waals surface area contributed by atoms with E-state index in [0.717, 1.165) is 5.30 Å². The Bertz CT molecular complexity index is 689. The first-order chi connectivity index (χ1) is 10.4. The maximum atomic E-state index is 11.3. The summed E-state index contributed by atoms with van der Waals surface area (Å²) in [5, 5.41) is 3.53. The van der Waals surface area contributed by atoms with Crippen molar-refractivity contribution < 1.29 is 24.6 Å². The van der Waals surface area contributed by atoms with Gasteiger partial charge in [-0.2, -0.15) is 6.07 Å². The molecule has 0 saturated carbocycles. The van der Waals surface area contributed by atoms with Gasteiger partial charge < -0.3 is 4.79 Å². The molecule has 22 heavy (non-hydrogen) atoms. The van der Waals surface area contributed by atoms with E-state index in [1.54, 1.807) is 0 Å². The third-order valence-electron chi connectivity index (χ3n) is 3.28. The molecule has 3 heteroatoms. The van der Waals surface area contributed by atoms with Gasteiger partial charge in [-0.25, -0.2) is 0 Å². The van der Waals surface area contributed by atoms with Gasteiger partial charge in [0, 0.05) is 0 Å². The Balaban J connectivity index is 0.00000176. The van der Waals surface area contributed by atoms with E-state index in [4.69, 9.17) is 0 Å². The predicted molar refractivity (Wildman–Crippen MR) is 89.9 cm³/mol. The zero-order chi connectivity index (χ0) is 14.5. The monoisotopic (exact) mass is 481 g/mol. The molecule has 0 aliphatic carbocycles. The Hall–Kier alpha value is -1.60. The number of hydrogen-bond donors (Lipinski definition) is 0. The minimum absolute atomic E-state index is 0. The van der Waals surface area contributed by atoms with Crippen molar-refractivity contribution in [3.8, 4) is 0 Å². The second-order valence-corrected chi connectivity index (χ2v) is 6.81. The zero-order valence-corrected chi connectivity index (χ0v) is 15.2. The average Bonchev–Trinajstić information content (AvgIpc) is 2.58. The fourth-order valence-corrected chi connectivity index (χ4v) is 4.73. The molecule has 0 heterocycles. The van der Waals surface area contributed by atoms with E-state index in [0.29, 0.717) is 5.56 Å². The van der Waals surface area contributed by atoms with Crippen molar-refractivity contribution in [2.24, 2.45) is 0 Å². The molecule has 0 aliphatic heterocycles. The largest absolute Gasteiger partial charge is 1.00 e.